The van der Waals surface area contributed by atoms with Crippen molar-refractivity contribution in [1.29, 1.82) is 0 Å². The summed E-state index contributed by atoms with van der Waals surface area (Å²) in [6.45, 7) is 9.96. The van der Waals surface area contributed by atoms with E-state index < -0.39 is 23.3 Å². The Bertz CT molecular complexity index is 1720. The van der Waals surface area contributed by atoms with E-state index in [0.717, 1.165) is 40.6 Å². The number of ether oxygens (including phenoxy) is 2. The van der Waals surface area contributed by atoms with Gasteiger partial charge >= 0.3 is 5.97 Å². The third-order valence-corrected chi connectivity index (χ3v) is 12.0. The van der Waals surface area contributed by atoms with Gasteiger partial charge in [-0.25, -0.2) is 0 Å². The van der Waals surface area contributed by atoms with Crippen molar-refractivity contribution in [2.24, 2.45) is 29.6 Å². The predicted molar refractivity (Wildman–Crippen MR) is 204 cm³/mol. The number of H-pyrrole nitrogens is 1. The zero-order valence-corrected chi connectivity index (χ0v) is 32.3. The molecule has 9 nitrogen and oxygen atoms in total. The number of aryl methyl sites for hydroxylation is 1. The van der Waals surface area contributed by atoms with Crippen molar-refractivity contribution in [3.05, 3.63) is 69.3 Å². The topological polar surface area (TPSA) is 127 Å². The van der Waals surface area contributed by atoms with Crippen LogP contribution in [0.1, 0.15) is 89.5 Å². The minimum absolute atomic E-state index is 0.0266. The summed E-state index contributed by atoms with van der Waals surface area (Å²) in [6.07, 6.45) is 4.00. The van der Waals surface area contributed by atoms with Crippen molar-refractivity contribution in [2.45, 2.75) is 97.6 Å². The normalized spacial score (nSPS) is 20.0. The molecule has 11 heteroatoms. The molecule has 1 aliphatic heterocycles. The highest BCUT2D eigenvalue weighted by molar-refractivity contribution is 6.38. The lowest BCUT2D eigenvalue weighted by molar-refractivity contribution is -0.149. The second-order valence-electron chi connectivity index (χ2n) is 14.9. The molecule has 5 atom stereocenters. The molecule has 1 aliphatic carbocycles. The van der Waals surface area contributed by atoms with E-state index in [4.69, 9.17) is 32.7 Å². The maximum absolute atomic E-state index is 14.9. The smallest absolute Gasteiger partial charge is 0.306 e. The molecule has 0 saturated carbocycles. The molecule has 1 fully saturated rings. The molecule has 3 aromatic rings. The summed E-state index contributed by atoms with van der Waals surface area (Å²) in [4.78, 5) is 59.7. The maximum Gasteiger partial charge on any atom is 0.306 e. The molecule has 2 heterocycles. The third kappa shape index (κ3) is 9.57. The van der Waals surface area contributed by atoms with E-state index in [9.17, 15) is 19.2 Å². The fraction of sp³-hybridized carbons (Fsp3) is 0.561. The molecule has 1 aromatic heterocycles. The monoisotopic (exact) mass is 753 g/mol. The van der Waals surface area contributed by atoms with Gasteiger partial charge in [-0.3, -0.25) is 19.2 Å². The summed E-state index contributed by atoms with van der Waals surface area (Å²) in [5.74, 6) is -2.37. The number of rotatable bonds is 16. The van der Waals surface area contributed by atoms with Crippen molar-refractivity contribution in [1.82, 2.24) is 15.6 Å². The van der Waals surface area contributed by atoms with Gasteiger partial charge in [0, 0.05) is 54.6 Å². The Hall–Kier alpha value is -3.40. The Morgan fingerprint density at radius 1 is 0.962 bits per heavy atom. The van der Waals surface area contributed by atoms with Crippen molar-refractivity contribution < 1.29 is 28.7 Å². The zero-order chi connectivity index (χ0) is 37.4. The number of carbonyl (C=O) groups is 4. The van der Waals surface area contributed by atoms with Crippen LogP contribution < -0.4 is 10.6 Å². The first-order valence-corrected chi connectivity index (χ1v) is 19.6. The number of aromatic amines is 1. The van der Waals surface area contributed by atoms with Gasteiger partial charge in [0.1, 0.15) is 12.1 Å². The van der Waals surface area contributed by atoms with Gasteiger partial charge in [0.2, 0.25) is 11.8 Å². The van der Waals surface area contributed by atoms with Crippen LogP contribution in [0.4, 0.5) is 0 Å². The van der Waals surface area contributed by atoms with E-state index in [1.807, 2.05) is 64.1 Å². The van der Waals surface area contributed by atoms with Gasteiger partial charge in [-0.2, -0.15) is 0 Å². The van der Waals surface area contributed by atoms with Crippen molar-refractivity contribution in [3.63, 3.8) is 0 Å². The van der Waals surface area contributed by atoms with Crippen LogP contribution in [0.2, 0.25) is 10.0 Å². The number of nitrogens with one attached hydrogen (secondary N) is 3. The molecule has 282 valence electrons. The van der Waals surface area contributed by atoms with E-state index in [2.05, 4.69) is 15.6 Å². The number of carbonyl (C=O) groups excluding carboxylic acids is 4. The molecule has 0 bridgehead atoms. The Morgan fingerprint density at radius 3 is 2.31 bits per heavy atom. The van der Waals surface area contributed by atoms with Crippen LogP contribution in [-0.2, 0) is 48.1 Å². The summed E-state index contributed by atoms with van der Waals surface area (Å²) >= 11 is 13.1. The number of hydrogen-bond acceptors (Lipinski definition) is 6. The minimum Gasteiger partial charge on any atom is -0.461 e. The number of fused-ring (bicyclic) bond motifs is 3. The molecule has 2 aliphatic rings. The van der Waals surface area contributed by atoms with Crippen molar-refractivity contribution in [2.75, 3.05) is 19.8 Å². The van der Waals surface area contributed by atoms with E-state index in [1.54, 1.807) is 6.07 Å². The van der Waals surface area contributed by atoms with E-state index in [1.165, 1.54) is 0 Å². The highest BCUT2D eigenvalue weighted by atomic mass is 35.5. The number of esters is 1. The summed E-state index contributed by atoms with van der Waals surface area (Å²) in [7, 11) is 0. The number of Topliss-reactive ketones (excluding diaryl/α,β-unsaturated/α-hetero) is 1. The number of amides is 2. The Labute approximate surface area is 317 Å². The third-order valence-electron chi connectivity index (χ3n) is 11.5. The number of halogens is 2. The zero-order valence-electron chi connectivity index (χ0n) is 30.8. The predicted octanol–water partition coefficient (Wildman–Crippen LogP) is 7.78. The fourth-order valence-electron chi connectivity index (χ4n) is 7.59. The van der Waals surface area contributed by atoms with Gasteiger partial charge in [0.05, 0.1) is 22.9 Å². The first-order chi connectivity index (χ1) is 24.9. The fourth-order valence-corrected chi connectivity index (χ4v) is 8.13. The molecule has 0 spiro atoms. The molecule has 2 unspecified atom stereocenters. The quantitative estimate of drug-likeness (QED) is 0.128. The van der Waals surface area contributed by atoms with Gasteiger partial charge < -0.3 is 25.1 Å². The number of hydrogen-bond donors (Lipinski definition) is 3. The molecular formula is C41H53Cl2N3O6. The Kier molecular flexibility index (Phi) is 13.8. The summed E-state index contributed by atoms with van der Waals surface area (Å²) in [6, 6.07) is 12.9. The van der Waals surface area contributed by atoms with E-state index in [-0.39, 0.29) is 55.3 Å². The highest BCUT2D eigenvalue weighted by Gasteiger charge is 2.46. The van der Waals surface area contributed by atoms with Crippen LogP contribution >= 0.6 is 23.2 Å². The molecule has 5 rings (SSSR count). The second-order valence-corrected chi connectivity index (χ2v) is 15.7. The largest absolute Gasteiger partial charge is 0.461 e. The number of benzene rings is 2. The lowest BCUT2D eigenvalue weighted by Crippen LogP contribution is -2.60. The van der Waals surface area contributed by atoms with Gasteiger partial charge in [-0.15, -0.1) is 0 Å². The average Bonchev–Trinajstić information content (AvgIpc) is 3.51. The van der Waals surface area contributed by atoms with E-state index in [0.29, 0.717) is 61.4 Å². The standard InChI is InChI=1S/C41H53Cl2N3O6/c1-5-25(3)30(39(49)44-23-27-13-16-51-17-14-27)20-36(47)41(15-12-35-33(22-41)32-18-29(42)19-34(43)38(32)45-35)46-40(50)31(26(4)6-2)21-37(48)52-24-28-10-8-7-9-11-28/h7-11,18-19,25-27,30-31,45H,5-6,12-17,20-24H2,1-4H3,(H,44,49)(H,46,50)/t25?,26?,30-,31-,41+/m0/s1. The molecule has 0 radical (unpaired) electrons. The SMILES string of the molecule is CCC(C)[C@H](CC(=O)[C@@]1(NC(=O)[C@@H](CC(=O)OCc2ccccc2)C(C)CC)CCc2[nH]c3c(Cl)cc(Cl)cc3c2C1)C(=O)NCC1CCOCC1. The Morgan fingerprint density at radius 2 is 1.63 bits per heavy atom. The van der Waals surface area contributed by atoms with Gasteiger partial charge in [-0.1, -0.05) is 94.1 Å². The molecular weight excluding hydrogens is 701 g/mol. The van der Waals surface area contributed by atoms with Crippen LogP contribution in [0.15, 0.2) is 42.5 Å². The summed E-state index contributed by atoms with van der Waals surface area (Å²) in [5.41, 5.74) is 2.07. The Balaban J connectivity index is 1.43. The molecule has 3 N–H and O–H groups in total. The maximum atomic E-state index is 14.9. The molecule has 52 heavy (non-hydrogen) atoms. The van der Waals surface area contributed by atoms with Gasteiger partial charge in [0.25, 0.3) is 0 Å². The number of ketones is 1. The lowest BCUT2D eigenvalue weighted by atomic mass is 9.72. The van der Waals surface area contributed by atoms with Crippen LogP contribution in [-0.4, -0.2) is 53.8 Å². The molecule has 2 aromatic carbocycles. The average molecular weight is 755 g/mol. The van der Waals surface area contributed by atoms with E-state index >= 15 is 0 Å². The van der Waals surface area contributed by atoms with Gasteiger partial charge in [-0.05, 0) is 66.7 Å². The minimum atomic E-state index is -1.32. The van der Waals surface area contributed by atoms with Crippen LogP contribution in [0.5, 0.6) is 0 Å². The molecule has 2 amide bonds. The highest BCUT2D eigenvalue weighted by Crippen LogP contribution is 2.40. The second kappa shape index (κ2) is 18.1. The van der Waals surface area contributed by atoms with Crippen molar-refractivity contribution >= 4 is 57.7 Å². The van der Waals surface area contributed by atoms with Crippen LogP contribution in [0, 0.1) is 29.6 Å². The summed E-state index contributed by atoms with van der Waals surface area (Å²) < 4.78 is 11.1. The lowest BCUT2D eigenvalue weighted by Gasteiger charge is -2.39. The first-order valence-electron chi connectivity index (χ1n) is 18.8. The molecule has 1 saturated heterocycles. The van der Waals surface area contributed by atoms with Crippen LogP contribution in [0.25, 0.3) is 10.9 Å². The van der Waals surface area contributed by atoms with Crippen LogP contribution in [0.3, 0.4) is 0 Å². The number of aromatic nitrogens is 1. The van der Waals surface area contributed by atoms with Gasteiger partial charge in [0.15, 0.2) is 5.78 Å². The van der Waals surface area contributed by atoms with Crippen molar-refractivity contribution in [3.8, 4) is 0 Å². The summed E-state index contributed by atoms with van der Waals surface area (Å²) in [5, 5.41) is 8.10. The first kappa shape index (κ1) is 39.8.